The summed E-state index contributed by atoms with van der Waals surface area (Å²) in [5.74, 6) is 0.814. The molecule has 0 atom stereocenters. The van der Waals surface area contributed by atoms with Crippen LogP contribution in [0.1, 0.15) is 6.42 Å². The molecule has 0 radical (unpaired) electrons. The molecule has 27 heavy (non-hydrogen) atoms. The molecule has 2 N–H and O–H groups in total. The number of anilines is 1. The van der Waals surface area contributed by atoms with Crippen LogP contribution in [-0.4, -0.2) is 71.1 Å². The first kappa shape index (κ1) is 18.2. The fourth-order valence-corrected chi connectivity index (χ4v) is 3.74. The van der Waals surface area contributed by atoms with E-state index in [1.54, 1.807) is 6.20 Å². The number of hydrogen-bond donors (Lipinski definition) is 2. The molecule has 1 saturated heterocycles. The van der Waals surface area contributed by atoms with Crippen LogP contribution in [0.15, 0.2) is 36.7 Å². The van der Waals surface area contributed by atoms with E-state index in [1.165, 1.54) is 0 Å². The minimum atomic E-state index is 0.493. The monoisotopic (exact) mass is 384 g/mol. The van der Waals surface area contributed by atoms with Gasteiger partial charge < -0.3 is 20.1 Å². The normalized spacial score (nSPS) is 16.1. The maximum absolute atomic E-state index is 6.28. The molecule has 7 heteroatoms. The van der Waals surface area contributed by atoms with E-state index in [0.29, 0.717) is 5.15 Å². The van der Waals surface area contributed by atoms with Crippen molar-refractivity contribution in [3.63, 3.8) is 0 Å². The summed E-state index contributed by atoms with van der Waals surface area (Å²) >= 11 is 6.28. The molecule has 3 aromatic heterocycles. The van der Waals surface area contributed by atoms with Gasteiger partial charge in [-0.05, 0) is 49.8 Å². The Labute approximate surface area is 164 Å². The molecule has 1 aliphatic rings. The van der Waals surface area contributed by atoms with Crippen molar-refractivity contribution in [1.29, 1.82) is 0 Å². The van der Waals surface area contributed by atoms with Gasteiger partial charge in [0.05, 0.1) is 0 Å². The van der Waals surface area contributed by atoms with Crippen molar-refractivity contribution in [2.75, 3.05) is 51.6 Å². The molecule has 0 bridgehead atoms. The first-order chi connectivity index (χ1) is 13.2. The molecule has 0 saturated carbocycles. The van der Waals surface area contributed by atoms with E-state index in [2.05, 4.69) is 49.2 Å². The number of rotatable bonds is 6. The summed E-state index contributed by atoms with van der Waals surface area (Å²) in [6, 6.07) is 7.95. The van der Waals surface area contributed by atoms with Crippen molar-refractivity contribution in [2.45, 2.75) is 6.42 Å². The standard InChI is InChI=1S/C20H25ClN6/c1-26-8-10-27(11-9-26)7-3-6-22-19-13-15(12-18(21)25-19)17-14-24-20-16(17)4-2-5-23-20/h2,4-5,12-14H,3,6-11H2,1H3,(H,22,25)(H,23,24). The first-order valence-corrected chi connectivity index (χ1v) is 9.82. The lowest BCUT2D eigenvalue weighted by Crippen LogP contribution is -2.44. The first-order valence-electron chi connectivity index (χ1n) is 9.44. The lowest BCUT2D eigenvalue weighted by Gasteiger charge is -2.32. The van der Waals surface area contributed by atoms with Crippen LogP contribution in [0.2, 0.25) is 5.15 Å². The molecule has 1 fully saturated rings. The van der Waals surface area contributed by atoms with Crippen LogP contribution in [0.25, 0.3) is 22.2 Å². The predicted octanol–water partition coefficient (Wildman–Crippen LogP) is 3.33. The van der Waals surface area contributed by atoms with Crippen molar-refractivity contribution in [1.82, 2.24) is 24.8 Å². The Morgan fingerprint density at radius 1 is 1.22 bits per heavy atom. The van der Waals surface area contributed by atoms with Crippen LogP contribution >= 0.6 is 11.6 Å². The number of hydrogen-bond acceptors (Lipinski definition) is 5. The van der Waals surface area contributed by atoms with Crippen molar-refractivity contribution >= 4 is 28.5 Å². The molecule has 0 amide bonds. The molecule has 0 aromatic carbocycles. The number of fused-ring (bicyclic) bond motifs is 1. The van der Waals surface area contributed by atoms with Gasteiger partial charge in [0.1, 0.15) is 16.6 Å². The van der Waals surface area contributed by atoms with E-state index >= 15 is 0 Å². The molecule has 0 spiro atoms. The van der Waals surface area contributed by atoms with Gasteiger partial charge in [-0.3, -0.25) is 0 Å². The summed E-state index contributed by atoms with van der Waals surface area (Å²) in [4.78, 5) is 16.9. The SMILES string of the molecule is CN1CCN(CCCNc2cc(-c3c[nH]c4ncccc34)cc(Cl)n2)CC1. The second-order valence-electron chi connectivity index (χ2n) is 7.09. The van der Waals surface area contributed by atoms with Crippen LogP contribution in [0.5, 0.6) is 0 Å². The minimum absolute atomic E-state index is 0.493. The van der Waals surface area contributed by atoms with Gasteiger partial charge in [0.15, 0.2) is 0 Å². The number of piperazine rings is 1. The molecule has 0 unspecified atom stereocenters. The van der Waals surface area contributed by atoms with E-state index in [0.717, 1.165) is 73.7 Å². The van der Waals surface area contributed by atoms with E-state index in [9.17, 15) is 0 Å². The second-order valence-corrected chi connectivity index (χ2v) is 7.48. The predicted molar refractivity (Wildman–Crippen MR) is 111 cm³/mol. The molecular formula is C20H25ClN6. The molecule has 6 nitrogen and oxygen atoms in total. The summed E-state index contributed by atoms with van der Waals surface area (Å²) in [6.07, 6.45) is 4.85. The Kier molecular flexibility index (Phi) is 5.57. The quantitative estimate of drug-likeness (QED) is 0.504. The van der Waals surface area contributed by atoms with Crippen molar-refractivity contribution in [2.24, 2.45) is 0 Å². The highest BCUT2D eigenvalue weighted by Crippen LogP contribution is 2.30. The summed E-state index contributed by atoms with van der Waals surface area (Å²) in [5, 5.41) is 5.00. The largest absolute Gasteiger partial charge is 0.370 e. The molecule has 4 heterocycles. The van der Waals surface area contributed by atoms with Crippen molar-refractivity contribution in [3.05, 3.63) is 41.8 Å². The highest BCUT2D eigenvalue weighted by atomic mass is 35.5. The van der Waals surface area contributed by atoms with Crippen LogP contribution < -0.4 is 5.32 Å². The molecule has 0 aliphatic carbocycles. The number of halogens is 1. The van der Waals surface area contributed by atoms with Crippen LogP contribution in [0, 0.1) is 0 Å². The Bertz CT molecular complexity index is 900. The summed E-state index contributed by atoms with van der Waals surface area (Å²) in [7, 11) is 2.19. The van der Waals surface area contributed by atoms with Gasteiger partial charge in [-0.1, -0.05) is 11.6 Å². The number of nitrogens with zero attached hydrogens (tertiary/aromatic N) is 4. The van der Waals surface area contributed by atoms with Gasteiger partial charge in [0, 0.05) is 56.1 Å². The van der Waals surface area contributed by atoms with Gasteiger partial charge in [0.25, 0.3) is 0 Å². The van der Waals surface area contributed by atoms with Gasteiger partial charge in [-0.2, -0.15) is 0 Å². The topological polar surface area (TPSA) is 60.1 Å². The maximum Gasteiger partial charge on any atom is 0.137 e. The molecule has 1 aliphatic heterocycles. The third kappa shape index (κ3) is 4.40. The lowest BCUT2D eigenvalue weighted by molar-refractivity contribution is 0.154. The molecule has 4 rings (SSSR count). The Balaban J connectivity index is 1.39. The van der Waals surface area contributed by atoms with Crippen LogP contribution in [0.4, 0.5) is 5.82 Å². The Morgan fingerprint density at radius 3 is 2.93 bits per heavy atom. The van der Waals surface area contributed by atoms with E-state index in [4.69, 9.17) is 11.6 Å². The Morgan fingerprint density at radius 2 is 2.07 bits per heavy atom. The van der Waals surface area contributed by atoms with Crippen LogP contribution in [0.3, 0.4) is 0 Å². The average Bonchev–Trinajstić information content (AvgIpc) is 3.10. The van der Waals surface area contributed by atoms with Crippen molar-refractivity contribution in [3.8, 4) is 11.1 Å². The zero-order valence-electron chi connectivity index (χ0n) is 15.6. The molecule has 3 aromatic rings. The number of H-pyrrole nitrogens is 1. The fraction of sp³-hybridized carbons (Fsp3) is 0.400. The molecule has 142 valence electrons. The van der Waals surface area contributed by atoms with Crippen molar-refractivity contribution < 1.29 is 0 Å². The van der Waals surface area contributed by atoms with Gasteiger partial charge in [0.2, 0.25) is 0 Å². The summed E-state index contributed by atoms with van der Waals surface area (Å²) < 4.78 is 0. The van der Waals surface area contributed by atoms with E-state index in [1.807, 2.05) is 18.3 Å². The highest BCUT2D eigenvalue weighted by Gasteiger charge is 2.13. The summed E-state index contributed by atoms with van der Waals surface area (Å²) in [6.45, 7) is 6.63. The third-order valence-electron chi connectivity index (χ3n) is 5.11. The second kappa shape index (κ2) is 8.25. The smallest absolute Gasteiger partial charge is 0.137 e. The van der Waals surface area contributed by atoms with Gasteiger partial charge in [-0.25, -0.2) is 9.97 Å². The highest BCUT2D eigenvalue weighted by molar-refractivity contribution is 6.29. The average molecular weight is 385 g/mol. The van der Waals surface area contributed by atoms with E-state index in [-0.39, 0.29) is 0 Å². The number of aromatic amines is 1. The zero-order chi connectivity index (χ0) is 18.6. The van der Waals surface area contributed by atoms with Gasteiger partial charge in [-0.15, -0.1) is 0 Å². The summed E-state index contributed by atoms with van der Waals surface area (Å²) in [5.41, 5.74) is 3.00. The van der Waals surface area contributed by atoms with E-state index < -0.39 is 0 Å². The van der Waals surface area contributed by atoms with Gasteiger partial charge >= 0.3 is 0 Å². The number of aromatic nitrogens is 3. The third-order valence-corrected chi connectivity index (χ3v) is 5.30. The van der Waals surface area contributed by atoms with Crippen LogP contribution in [-0.2, 0) is 0 Å². The fourth-order valence-electron chi connectivity index (χ4n) is 3.53. The lowest BCUT2D eigenvalue weighted by atomic mass is 10.1. The number of pyridine rings is 2. The number of likely N-dealkylation sites (N-methyl/N-ethyl adjacent to an activating group) is 1. The minimum Gasteiger partial charge on any atom is -0.370 e. The number of nitrogens with one attached hydrogen (secondary N) is 2. The molecular weight excluding hydrogens is 360 g/mol. The maximum atomic E-state index is 6.28. The zero-order valence-corrected chi connectivity index (χ0v) is 16.3. The Hall–Kier alpha value is -2.15.